The van der Waals surface area contributed by atoms with E-state index in [0.717, 1.165) is 29.7 Å². The Hall–Kier alpha value is -2.14. The number of hydrogen-bond donors (Lipinski definition) is 3. The van der Waals surface area contributed by atoms with Crippen molar-refractivity contribution < 1.29 is 4.79 Å². The quantitative estimate of drug-likeness (QED) is 0.383. The lowest BCUT2D eigenvalue weighted by Gasteiger charge is -2.15. The number of aryl methyl sites for hydroxylation is 1. The molecule has 5 nitrogen and oxygen atoms in total. The molecule has 3 rings (SSSR count). The summed E-state index contributed by atoms with van der Waals surface area (Å²) >= 11 is 0. The third kappa shape index (κ3) is 1.43. The van der Waals surface area contributed by atoms with E-state index in [1.807, 2.05) is 18.2 Å². The molecule has 2 aromatic rings. The Morgan fingerprint density at radius 1 is 1.35 bits per heavy atom. The molecule has 17 heavy (non-hydrogen) atoms. The van der Waals surface area contributed by atoms with Gasteiger partial charge in [-0.05, 0) is 18.4 Å². The highest BCUT2D eigenvalue weighted by Gasteiger charge is 2.24. The molecule has 0 fully saturated rings. The third-order valence-corrected chi connectivity index (χ3v) is 3.14. The molecule has 0 radical (unpaired) electrons. The van der Waals surface area contributed by atoms with Crippen LogP contribution in [0.2, 0.25) is 0 Å². The first kappa shape index (κ1) is 10.0. The Kier molecular flexibility index (Phi) is 2.19. The summed E-state index contributed by atoms with van der Waals surface area (Å²) in [5, 5.41) is 6.99. The molecule has 86 valence electrons. The number of hydrogen-bond acceptors (Lipinski definition) is 3. The van der Waals surface area contributed by atoms with Crippen LogP contribution in [0.5, 0.6) is 0 Å². The molecule has 0 saturated carbocycles. The second-order valence-corrected chi connectivity index (χ2v) is 4.06. The molecule has 4 N–H and O–H groups in total. The average molecular weight is 228 g/mol. The van der Waals surface area contributed by atoms with Gasteiger partial charge in [-0.15, -0.1) is 0 Å². The average Bonchev–Trinajstić information content (AvgIpc) is 2.82. The lowest BCUT2D eigenvalue weighted by molar-refractivity contribution is 0.0947. The first-order valence-electron chi connectivity index (χ1n) is 5.47. The number of H-pyrrole nitrogens is 1. The monoisotopic (exact) mass is 228 g/mol. The highest BCUT2D eigenvalue weighted by Crippen LogP contribution is 2.33. The van der Waals surface area contributed by atoms with Crippen molar-refractivity contribution in [2.45, 2.75) is 12.8 Å². The van der Waals surface area contributed by atoms with E-state index in [-0.39, 0.29) is 5.91 Å². The fourth-order valence-electron chi connectivity index (χ4n) is 2.32. The third-order valence-electron chi connectivity index (χ3n) is 3.14. The van der Waals surface area contributed by atoms with Gasteiger partial charge in [0.1, 0.15) is 5.69 Å². The maximum absolute atomic E-state index is 11.6. The summed E-state index contributed by atoms with van der Waals surface area (Å²) in [6.07, 6.45) is 1.74. The molecule has 1 aliphatic carbocycles. The van der Waals surface area contributed by atoms with E-state index in [4.69, 9.17) is 5.84 Å². The predicted octanol–water partition coefficient (Wildman–Crippen LogP) is 0.779. The molecular weight excluding hydrogens is 216 g/mol. The highest BCUT2D eigenvalue weighted by atomic mass is 16.2. The minimum atomic E-state index is -0.321. The predicted molar refractivity (Wildman–Crippen MR) is 63.1 cm³/mol. The zero-order valence-electron chi connectivity index (χ0n) is 9.16. The topological polar surface area (TPSA) is 83.8 Å². The van der Waals surface area contributed by atoms with Crippen molar-refractivity contribution in [3.05, 3.63) is 41.1 Å². The Bertz CT molecular complexity index is 588. The van der Waals surface area contributed by atoms with Crippen LogP contribution in [0.4, 0.5) is 0 Å². The summed E-state index contributed by atoms with van der Waals surface area (Å²) < 4.78 is 0. The molecule has 1 amide bonds. The smallest absolute Gasteiger partial charge is 0.283 e. The summed E-state index contributed by atoms with van der Waals surface area (Å²) in [4.78, 5) is 11.6. The van der Waals surface area contributed by atoms with Crippen molar-refractivity contribution >= 4 is 5.91 Å². The zero-order valence-corrected chi connectivity index (χ0v) is 9.16. The van der Waals surface area contributed by atoms with Crippen LogP contribution in [-0.4, -0.2) is 16.1 Å². The number of carbonyl (C=O) groups is 1. The first-order chi connectivity index (χ1) is 8.31. The summed E-state index contributed by atoms with van der Waals surface area (Å²) in [6.45, 7) is 0. The van der Waals surface area contributed by atoms with Crippen molar-refractivity contribution in [3.8, 4) is 11.3 Å². The van der Waals surface area contributed by atoms with Gasteiger partial charge in [-0.25, -0.2) is 5.84 Å². The van der Waals surface area contributed by atoms with E-state index in [0.29, 0.717) is 5.69 Å². The first-order valence-corrected chi connectivity index (χ1v) is 5.47. The molecule has 0 atom stereocenters. The fraction of sp³-hybridized carbons (Fsp3) is 0.167. The number of hydrazine groups is 1. The van der Waals surface area contributed by atoms with Crippen molar-refractivity contribution in [1.29, 1.82) is 0 Å². The zero-order chi connectivity index (χ0) is 11.8. The van der Waals surface area contributed by atoms with Crippen LogP contribution in [0, 0.1) is 0 Å². The molecule has 1 aromatic heterocycles. The number of rotatable bonds is 1. The van der Waals surface area contributed by atoms with Gasteiger partial charge in [-0.2, -0.15) is 5.10 Å². The summed E-state index contributed by atoms with van der Waals surface area (Å²) in [6, 6.07) is 8.11. The lowest BCUT2D eigenvalue weighted by atomic mass is 9.89. The molecule has 0 bridgehead atoms. The van der Waals surface area contributed by atoms with Crippen LogP contribution in [0.3, 0.4) is 0 Å². The van der Waals surface area contributed by atoms with Crippen LogP contribution in [0.25, 0.3) is 11.3 Å². The normalized spacial score (nSPS) is 12.8. The minimum Gasteiger partial charge on any atom is -0.289 e. The van der Waals surface area contributed by atoms with Crippen molar-refractivity contribution in [3.63, 3.8) is 0 Å². The Morgan fingerprint density at radius 2 is 2.18 bits per heavy atom. The Balaban J connectivity index is 2.16. The van der Waals surface area contributed by atoms with Crippen LogP contribution in [0.1, 0.15) is 21.6 Å². The largest absolute Gasteiger partial charge is 0.289 e. The second-order valence-electron chi connectivity index (χ2n) is 4.06. The number of carbonyl (C=O) groups excluding carboxylic acids is 1. The van der Waals surface area contributed by atoms with Crippen molar-refractivity contribution in [1.82, 2.24) is 15.6 Å². The maximum Gasteiger partial charge on any atom is 0.283 e. The summed E-state index contributed by atoms with van der Waals surface area (Å²) in [5.41, 5.74) is 6.79. The highest BCUT2D eigenvalue weighted by molar-refractivity contribution is 5.95. The SMILES string of the molecule is NNC(=O)c1[nH]nc2c1CCc1ccccc1-2. The molecule has 1 aromatic carbocycles. The molecule has 0 aliphatic heterocycles. The van der Waals surface area contributed by atoms with E-state index in [1.165, 1.54) is 5.56 Å². The van der Waals surface area contributed by atoms with E-state index in [9.17, 15) is 4.79 Å². The van der Waals surface area contributed by atoms with Gasteiger partial charge in [0.05, 0.1) is 5.69 Å². The molecular formula is C12H12N4O. The van der Waals surface area contributed by atoms with Crippen molar-refractivity contribution in [2.75, 3.05) is 0 Å². The number of fused-ring (bicyclic) bond motifs is 3. The second kappa shape index (κ2) is 3.71. The fourth-order valence-corrected chi connectivity index (χ4v) is 2.32. The summed E-state index contributed by atoms with van der Waals surface area (Å²) in [5.74, 6) is 4.82. The van der Waals surface area contributed by atoms with Gasteiger partial charge in [-0.1, -0.05) is 24.3 Å². The molecule has 5 heteroatoms. The number of nitrogens with two attached hydrogens (primary N) is 1. The van der Waals surface area contributed by atoms with Crippen molar-refractivity contribution in [2.24, 2.45) is 5.84 Å². The van der Waals surface area contributed by atoms with Gasteiger partial charge in [0.2, 0.25) is 0 Å². The number of amides is 1. The van der Waals surface area contributed by atoms with Gasteiger partial charge in [-0.3, -0.25) is 15.3 Å². The van der Waals surface area contributed by atoms with Gasteiger partial charge >= 0.3 is 0 Å². The standard InChI is InChI=1S/C12H12N4O/c13-14-12(17)11-9-6-5-7-3-1-2-4-8(7)10(9)15-16-11/h1-4H,5-6,13H2,(H,14,17)(H,15,16). The summed E-state index contributed by atoms with van der Waals surface area (Å²) in [7, 11) is 0. The number of nitrogens with zero attached hydrogens (tertiary/aromatic N) is 1. The molecule has 1 heterocycles. The van der Waals surface area contributed by atoms with Gasteiger partial charge in [0.15, 0.2) is 0 Å². The van der Waals surface area contributed by atoms with E-state index < -0.39 is 0 Å². The number of nitrogen functional groups attached to an aromatic ring is 1. The van der Waals surface area contributed by atoms with Crippen LogP contribution < -0.4 is 11.3 Å². The minimum absolute atomic E-state index is 0.321. The molecule has 0 unspecified atom stereocenters. The Labute approximate surface area is 98.0 Å². The molecule has 0 spiro atoms. The lowest BCUT2D eigenvalue weighted by Crippen LogP contribution is -2.31. The number of nitrogens with one attached hydrogen (secondary N) is 2. The number of aromatic nitrogens is 2. The van der Waals surface area contributed by atoms with Crippen LogP contribution >= 0.6 is 0 Å². The molecule has 1 aliphatic rings. The van der Waals surface area contributed by atoms with Gasteiger partial charge in [0, 0.05) is 11.1 Å². The maximum atomic E-state index is 11.6. The van der Waals surface area contributed by atoms with E-state index >= 15 is 0 Å². The van der Waals surface area contributed by atoms with E-state index in [1.54, 1.807) is 0 Å². The van der Waals surface area contributed by atoms with Gasteiger partial charge in [0.25, 0.3) is 5.91 Å². The van der Waals surface area contributed by atoms with Crippen LogP contribution in [-0.2, 0) is 12.8 Å². The van der Waals surface area contributed by atoms with Gasteiger partial charge < -0.3 is 0 Å². The Morgan fingerprint density at radius 3 is 3.00 bits per heavy atom. The molecule has 0 saturated heterocycles. The van der Waals surface area contributed by atoms with Crippen LogP contribution in [0.15, 0.2) is 24.3 Å². The number of benzene rings is 1. The number of aromatic amines is 1. The van der Waals surface area contributed by atoms with E-state index in [2.05, 4.69) is 21.7 Å².